The van der Waals surface area contributed by atoms with Crippen LogP contribution in [0, 0.1) is 5.82 Å². The number of nitrogens with zero attached hydrogens (tertiary/aromatic N) is 4. The minimum absolute atomic E-state index is 0.116. The number of aryl methyl sites for hydroxylation is 1. The molecular formula is C21H16F4N6O. The van der Waals surface area contributed by atoms with E-state index in [1.54, 1.807) is 7.05 Å². The molecule has 2 aromatic heterocycles. The van der Waals surface area contributed by atoms with E-state index < -0.39 is 23.5 Å². The molecule has 11 heteroatoms. The molecule has 1 amide bonds. The molecule has 2 aromatic carbocycles. The number of aromatic nitrogens is 4. The van der Waals surface area contributed by atoms with Crippen molar-refractivity contribution in [1.82, 2.24) is 19.7 Å². The quantitative estimate of drug-likeness (QED) is 0.465. The predicted molar refractivity (Wildman–Crippen MR) is 110 cm³/mol. The summed E-state index contributed by atoms with van der Waals surface area (Å²) in [7, 11) is 1.66. The number of nitrogens with two attached hydrogens (primary N) is 1. The average Bonchev–Trinajstić information content (AvgIpc) is 3.07. The number of halogens is 4. The molecule has 0 bridgehead atoms. The zero-order chi connectivity index (χ0) is 23.0. The SMILES string of the molecule is Cn1nc(-c2ccc(NC(=O)Cc3cccc(C(F)(F)F)c3)c(F)c2)c2c(N)ncnc21. The molecule has 0 spiro atoms. The molecule has 32 heavy (non-hydrogen) atoms. The summed E-state index contributed by atoms with van der Waals surface area (Å²) in [4.78, 5) is 20.3. The van der Waals surface area contributed by atoms with Crippen molar-refractivity contribution in [1.29, 1.82) is 0 Å². The van der Waals surface area contributed by atoms with Crippen molar-refractivity contribution in [3.63, 3.8) is 0 Å². The maximum absolute atomic E-state index is 14.7. The zero-order valence-electron chi connectivity index (χ0n) is 16.6. The van der Waals surface area contributed by atoms with Gasteiger partial charge in [0, 0.05) is 12.6 Å². The second-order valence-electron chi connectivity index (χ2n) is 7.05. The third kappa shape index (κ3) is 4.09. The molecule has 4 rings (SSSR count). The number of amides is 1. The largest absolute Gasteiger partial charge is 0.416 e. The van der Waals surface area contributed by atoms with E-state index in [1.807, 2.05) is 0 Å². The molecule has 7 nitrogen and oxygen atoms in total. The molecule has 0 atom stereocenters. The number of benzene rings is 2. The minimum Gasteiger partial charge on any atom is -0.383 e. The molecule has 0 aliphatic rings. The van der Waals surface area contributed by atoms with Gasteiger partial charge in [0.25, 0.3) is 0 Å². The molecule has 0 radical (unpaired) electrons. The fourth-order valence-electron chi connectivity index (χ4n) is 3.31. The van der Waals surface area contributed by atoms with Crippen LogP contribution >= 0.6 is 0 Å². The highest BCUT2D eigenvalue weighted by molar-refractivity contribution is 5.98. The van der Waals surface area contributed by atoms with Gasteiger partial charge in [0.1, 0.15) is 23.7 Å². The summed E-state index contributed by atoms with van der Waals surface area (Å²) in [6.07, 6.45) is -3.56. The van der Waals surface area contributed by atoms with Crippen molar-refractivity contribution in [2.75, 3.05) is 11.1 Å². The Morgan fingerprint density at radius 3 is 2.66 bits per heavy atom. The third-order valence-electron chi connectivity index (χ3n) is 4.79. The molecule has 2 heterocycles. The van der Waals surface area contributed by atoms with Gasteiger partial charge in [-0.25, -0.2) is 19.0 Å². The van der Waals surface area contributed by atoms with Gasteiger partial charge in [0.15, 0.2) is 5.65 Å². The highest BCUT2D eigenvalue weighted by atomic mass is 19.4. The lowest BCUT2D eigenvalue weighted by Gasteiger charge is -2.10. The van der Waals surface area contributed by atoms with Crippen LogP contribution in [-0.2, 0) is 24.4 Å². The minimum atomic E-state index is -4.52. The number of alkyl halides is 3. The standard InChI is InChI=1S/C21H16F4N6O/c1-31-20-17(19(26)27-10-28-20)18(30-31)12-5-6-15(14(22)9-12)29-16(32)8-11-3-2-4-13(7-11)21(23,24)25/h2-7,9-10H,8H2,1H3,(H,29,32)(H2,26,27,28). The number of hydrogen-bond donors (Lipinski definition) is 2. The van der Waals surface area contributed by atoms with Gasteiger partial charge in [-0.15, -0.1) is 0 Å². The number of carbonyl (C=O) groups is 1. The van der Waals surface area contributed by atoms with E-state index in [4.69, 9.17) is 5.73 Å². The van der Waals surface area contributed by atoms with Crippen LogP contribution in [0.4, 0.5) is 29.1 Å². The van der Waals surface area contributed by atoms with E-state index >= 15 is 0 Å². The van der Waals surface area contributed by atoms with Crippen molar-refractivity contribution in [3.05, 3.63) is 65.7 Å². The van der Waals surface area contributed by atoms with Gasteiger partial charge in [0.2, 0.25) is 5.91 Å². The lowest BCUT2D eigenvalue weighted by atomic mass is 10.1. The first-order valence-corrected chi connectivity index (χ1v) is 9.32. The molecule has 0 aliphatic carbocycles. The summed E-state index contributed by atoms with van der Waals surface area (Å²) in [5.74, 6) is -1.21. The molecular weight excluding hydrogens is 428 g/mol. The first-order chi connectivity index (χ1) is 15.1. The summed E-state index contributed by atoms with van der Waals surface area (Å²) < 4.78 is 54.7. The first kappa shape index (κ1) is 21.2. The van der Waals surface area contributed by atoms with Gasteiger partial charge in [0.05, 0.1) is 23.1 Å². The van der Waals surface area contributed by atoms with Crippen molar-refractivity contribution >= 4 is 28.4 Å². The summed E-state index contributed by atoms with van der Waals surface area (Å²) in [6.45, 7) is 0. The van der Waals surface area contributed by atoms with Crippen LogP contribution in [0.1, 0.15) is 11.1 Å². The number of anilines is 2. The second-order valence-corrected chi connectivity index (χ2v) is 7.05. The Labute approximate surface area is 178 Å². The van der Waals surface area contributed by atoms with Crippen LogP contribution in [0.25, 0.3) is 22.3 Å². The Bertz CT molecular complexity index is 1330. The summed E-state index contributed by atoms with van der Waals surface area (Å²) >= 11 is 0. The maximum Gasteiger partial charge on any atom is 0.416 e. The molecule has 0 saturated carbocycles. The number of nitrogens with one attached hydrogen (secondary N) is 1. The highest BCUT2D eigenvalue weighted by Gasteiger charge is 2.30. The second kappa shape index (κ2) is 7.91. The Kier molecular flexibility index (Phi) is 5.25. The van der Waals surface area contributed by atoms with Crippen LogP contribution < -0.4 is 11.1 Å². The number of rotatable bonds is 4. The lowest BCUT2D eigenvalue weighted by molar-refractivity contribution is -0.137. The van der Waals surface area contributed by atoms with Gasteiger partial charge in [-0.3, -0.25) is 4.79 Å². The monoisotopic (exact) mass is 444 g/mol. The van der Waals surface area contributed by atoms with Gasteiger partial charge in [-0.2, -0.15) is 18.3 Å². The van der Waals surface area contributed by atoms with Crippen LogP contribution in [0.3, 0.4) is 0 Å². The third-order valence-corrected chi connectivity index (χ3v) is 4.79. The molecule has 0 saturated heterocycles. The van der Waals surface area contributed by atoms with Crippen molar-refractivity contribution < 1.29 is 22.4 Å². The van der Waals surface area contributed by atoms with Gasteiger partial charge < -0.3 is 11.1 Å². The normalized spacial score (nSPS) is 11.7. The molecule has 0 aliphatic heterocycles. The number of hydrogen-bond acceptors (Lipinski definition) is 5. The fourth-order valence-corrected chi connectivity index (χ4v) is 3.31. The summed E-state index contributed by atoms with van der Waals surface area (Å²) in [5, 5.41) is 7.17. The smallest absolute Gasteiger partial charge is 0.383 e. The maximum atomic E-state index is 14.7. The first-order valence-electron chi connectivity index (χ1n) is 9.32. The summed E-state index contributed by atoms with van der Waals surface area (Å²) in [6, 6.07) is 8.47. The average molecular weight is 444 g/mol. The van der Waals surface area contributed by atoms with Gasteiger partial charge in [-0.1, -0.05) is 24.3 Å². The Balaban J connectivity index is 1.56. The van der Waals surface area contributed by atoms with E-state index in [1.165, 1.54) is 41.3 Å². The van der Waals surface area contributed by atoms with Crippen LogP contribution in [0.5, 0.6) is 0 Å². The molecule has 0 fully saturated rings. The fraction of sp³-hybridized carbons (Fsp3) is 0.143. The van der Waals surface area contributed by atoms with Crippen LogP contribution in [-0.4, -0.2) is 25.7 Å². The number of carbonyl (C=O) groups excluding carboxylic acids is 1. The predicted octanol–water partition coefficient (Wildman–Crippen LogP) is 3.95. The van der Waals surface area contributed by atoms with E-state index in [0.717, 1.165) is 12.1 Å². The van der Waals surface area contributed by atoms with E-state index in [-0.39, 0.29) is 23.5 Å². The number of nitrogen functional groups attached to an aromatic ring is 1. The van der Waals surface area contributed by atoms with Crippen molar-refractivity contribution in [2.24, 2.45) is 7.05 Å². The molecule has 4 aromatic rings. The Hall–Kier alpha value is -4.02. The van der Waals surface area contributed by atoms with E-state index in [0.29, 0.717) is 22.3 Å². The lowest BCUT2D eigenvalue weighted by Crippen LogP contribution is -2.16. The molecule has 0 unspecified atom stereocenters. The van der Waals surface area contributed by atoms with Crippen molar-refractivity contribution in [2.45, 2.75) is 12.6 Å². The van der Waals surface area contributed by atoms with Crippen LogP contribution in [0.2, 0.25) is 0 Å². The number of fused-ring (bicyclic) bond motifs is 1. The molecule has 164 valence electrons. The van der Waals surface area contributed by atoms with E-state index in [9.17, 15) is 22.4 Å². The topological polar surface area (TPSA) is 98.7 Å². The Morgan fingerprint density at radius 2 is 1.94 bits per heavy atom. The van der Waals surface area contributed by atoms with Gasteiger partial charge in [-0.05, 0) is 23.8 Å². The zero-order valence-corrected chi connectivity index (χ0v) is 16.6. The molecule has 3 N–H and O–H groups in total. The van der Waals surface area contributed by atoms with E-state index in [2.05, 4.69) is 20.4 Å². The van der Waals surface area contributed by atoms with Crippen LogP contribution in [0.15, 0.2) is 48.8 Å². The summed E-state index contributed by atoms with van der Waals surface area (Å²) in [5.41, 5.74) is 6.36. The van der Waals surface area contributed by atoms with Gasteiger partial charge >= 0.3 is 6.18 Å². The van der Waals surface area contributed by atoms with Crippen molar-refractivity contribution in [3.8, 4) is 11.3 Å². The Morgan fingerprint density at radius 1 is 1.16 bits per heavy atom. The highest BCUT2D eigenvalue weighted by Crippen LogP contribution is 2.32.